The minimum atomic E-state index is -2.58. The highest BCUT2D eigenvalue weighted by molar-refractivity contribution is 7.99. The fraction of sp³-hybridized carbons (Fsp3) is 0.133. The zero-order valence-corrected chi connectivity index (χ0v) is 13.2. The molecule has 1 amide bonds. The van der Waals surface area contributed by atoms with Gasteiger partial charge in [-0.15, -0.1) is 0 Å². The number of anilines is 2. The van der Waals surface area contributed by atoms with E-state index in [4.69, 9.17) is 11.6 Å². The monoisotopic (exact) mass is 360 g/mol. The number of hydrogen-bond donors (Lipinski definition) is 2. The molecule has 0 unspecified atom stereocenters. The van der Waals surface area contributed by atoms with Crippen LogP contribution < -0.4 is 10.6 Å². The summed E-state index contributed by atoms with van der Waals surface area (Å²) in [5.74, 6) is -3.50. The maximum Gasteiger partial charge on any atom is 0.288 e. The average molecular weight is 361 g/mol. The molecule has 2 rings (SSSR count). The van der Waals surface area contributed by atoms with Crippen molar-refractivity contribution in [3.63, 3.8) is 0 Å². The van der Waals surface area contributed by atoms with Crippen molar-refractivity contribution < 1.29 is 18.0 Å². The molecule has 0 fully saturated rings. The number of carbonyl (C=O) groups excluding carboxylic acids is 1. The largest absolute Gasteiger partial charge is 0.375 e. The van der Waals surface area contributed by atoms with E-state index in [0.717, 1.165) is 6.07 Å². The third kappa shape index (κ3) is 5.37. The maximum absolute atomic E-state index is 12.9. The van der Waals surface area contributed by atoms with Crippen molar-refractivity contribution in [1.29, 1.82) is 0 Å². The predicted octanol–water partition coefficient (Wildman–Crippen LogP) is 4.84. The minimum absolute atomic E-state index is 0.140. The molecule has 0 heterocycles. The average Bonchev–Trinajstić information content (AvgIpc) is 2.48. The van der Waals surface area contributed by atoms with Crippen LogP contribution in [0.2, 0.25) is 5.02 Å². The summed E-state index contributed by atoms with van der Waals surface area (Å²) < 4.78 is 37.9. The van der Waals surface area contributed by atoms with E-state index in [0.29, 0.717) is 23.1 Å². The van der Waals surface area contributed by atoms with E-state index in [9.17, 15) is 18.0 Å². The molecule has 0 saturated heterocycles. The van der Waals surface area contributed by atoms with Crippen molar-refractivity contribution in [3.05, 3.63) is 53.3 Å². The number of carbonyl (C=O) groups is 1. The van der Waals surface area contributed by atoms with Crippen LogP contribution in [0.4, 0.5) is 24.5 Å². The summed E-state index contributed by atoms with van der Waals surface area (Å²) >= 11 is 6.19. The first-order valence-corrected chi connectivity index (χ1v) is 7.74. The van der Waals surface area contributed by atoms with Gasteiger partial charge in [0.25, 0.3) is 5.76 Å². The van der Waals surface area contributed by atoms with Crippen LogP contribution in [-0.2, 0) is 4.79 Å². The normalized spacial score (nSPS) is 10.7. The molecule has 0 bridgehead atoms. The Labute approximate surface area is 140 Å². The summed E-state index contributed by atoms with van der Waals surface area (Å²) in [5.41, 5.74) is 0.702. The van der Waals surface area contributed by atoms with Gasteiger partial charge in [0, 0.05) is 4.90 Å². The first-order chi connectivity index (χ1) is 11.0. The lowest BCUT2D eigenvalue weighted by atomic mass is 10.3. The number of rotatable bonds is 6. The number of amides is 1. The lowest BCUT2D eigenvalue weighted by Gasteiger charge is -2.12. The zero-order valence-electron chi connectivity index (χ0n) is 11.7. The van der Waals surface area contributed by atoms with Gasteiger partial charge in [0.1, 0.15) is 5.82 Å². The number of halogens is 4. The van der Waals surface area contributed by atoms with Crippen molar-refractivity contribution in [2.75, 3.05) is 17.2 Å². The Bertz CT molecular complexity index is 700. The Kier molecular flexibility index (Phi) is 6.18. The van der Waals surface area contributed by atoms with Gasteiger partial charge in [0.15, 0.2) is 0 Å². The van der Waals surface area contributed by atoms with Crippen molar-refractivity contribution in [3.8, 4) is 0 Å². The molecule has 0 spiro atoms. The van der Waals surface area contributed by atoms with Crippen molar-refractivity contribution in [2.24, 2.45) is 0 Å². The number of alkyl halides is 2. The topological polar surface area (TPSA) is 41.1 Å². The van der Waals surface area contributed by atoms with Gasteiger partial charge in [-0.2, -0.15) is 8.78 Å². The van der Waals surface area contributed by atoms with Crippen LogP contribution in [0.25, 0.3) is 0 Å². The smallest absolute Gasteiger partial charge is 0.288 e. The molecule has 0 aliphatic carbocycles. The summed E-state index contributed by atoms with van der Waals surface area (Å²) in [6.45, 7) is -0.140. The second kappa shape index (κ2) is 8.12. The summed E-state index contributed by atoms with van der Waals surface area (Å²) in [4.78, 5) is 12.2. The summed E-state index contributed by atoms with van der Waals surface area (Å²) in [6.07, 6.45) is 0. The van der Waals surface area contributed by atoms with Crippen LogP contribution in [0.3, 0.4) is 0 Å². The Morgan fingerprint density at radius 1 is 1.17 bits per heavy atom. The first kappa shape index (κ1) is 17.5. The molecule has 2 aromatic carbocycles. The van der Waals surface area contributed by atoms with Crippen LogP contribution in [-0.4, -0.2) is 18.2 Å². The SMILES string of the molecule is O=C(CNc1ccc(F)cc1Cl)Nc1ccccc1SC(F)F. The van der Waals surface area contributed by atoms with E-state index < -0.39 is 17.5 Å². The molecule has 0 radical (unpaired) electrons. The highest BCUT2D eigenvalue weighted by atomic mass is 35.5. The van der Waals surface area contributed by atoms with E-state index in [1.165, 1.54) is 24.3 Å². The molecule has 8 heteroatoms. The minimum Gasteiger partial charge on any atom is -0.375 e. The molecular formula is C15H12ClF3N2OS. The highest BCUT2D eigenvalue weighted by Gasteiger charge is 2.12. The number of nitrogens with one attached hydrogen (secondary N) is 2. The summed E-state index contributed by atoms with van der Waals surface area (Å²) in [5, 5.41) is 5.44. The molecule has 0 aliphatic rings. The number of para-hydroxylation sites is 1. The lowest BCUT2D eigenvalue weighted by molar-refractivity contribution is -0.114. The fourth-order valence-corrected chi connectivity index (χ4v) is 2.60. The van der Waals surface area contributed by atoms with Crippen LogP contribution in [0.15, 0.2) is 47.4 Å². The predicted molar refractivity (Wildman–Crippen MR) is 86.8 cm³/mol. The number of benzene rings is 2. The fourth-order valence-electron chi connectivity index (χ4n) is 1.77. The van der Waals surface area contributed by atoms with E-state index in [1.54, 1.807) is 12.1 Å². The Balaban J connectivity index is 1.97. The van der Waals surface area contributed by atoms with Crippen LogP contribution in [0, 0.1) is 5.82 Å². The molecule has 0 aromatic heterocycles. The van der Waals surface area contributed by atoms with Gasteiger partial charge >= 0.3 is 0 Å². The van der Waals surface area contributed by atoms with Gasteiger partial charge < -0.3 is 10.6 Å². The molecule has 3 nitrogen and oxygen atoms in total. The molecule has 2 aromatic rings. The summed E-state index contributed by atoms with van der Waals surface area (Å²) in [6, 6.07) is 10.0. The van der Waals surface area contributed by atoms with Crippen LogP contribution in [0.5, 0.6) is 0 Å². The van der Waals surface area contributed by atoms with Gasteiger partial charge in [-0.25, -0.2) is 4.39 Å². The molecule has 0 saturated carbocycles. The second-order valence-electron chi connectivity index (χ2n) is 4.40. The second-order valence-corrected chi connectivity index (χ2v) is 5.84. The molecule has 122 valence electrons. The molecule has 2 N–H and O–H groups in total. The van der Waals surface area contributed by atoms with Gasteiger partial charge in [0.2, 0.25) is 5.91 Å². The standard InChI is InChI=1S/C15H12ClF3N2OS/c16-10-7-9(17)5-6-11(10)20-8-14(22)21-12-3-1-2-4-13(12)23-15(18)19/h1-7,15,20H,8H2,(H,21,22). The van der Waals surface area contributed by atoms with E-state index in [1.807, 2.05) is 0 Å². The van der Waals surface area contributed by atoms with Crippen molar-refractivity contribution in [1.82, 2.24) is 0 Å². The summed E-state index contributed by atoms with van der Waals surface area (Å²) in [7, 11) is 0. The van der Waals surface area contributed by atoms with Gasteiger partial charge in [0.05, 0.1) is 22.9 Å². The Hall–Kier alpha value is -1.86. The lowest BCUT2D eigenvalue weighted by Crippen LogP contribution is -2.22. The maximum atomic E-state index is 12.9. The van der Waals surface area contributed by atoms with E-state index in [2.05, 4.69) is 10.6 Å². The van der Waals surface area contributed by atoms with Gasteiger partial charge in [-0.3, -0.25) is 4.79 Å². The number of thioether (sulfide) groups is 1. The van der Waals surface area contributed by atoms with Gasteiger partial charge in [-0.05, 0) is 30.3 Å². The van der Waals surface area contributed by atoms with Crippen LogP contribution >= 0.6 is 23.4 Å². The van der Waals surface area contributed by atoms with Crippen LogP contribution in [0.1, 0.15) is 0 Å². The highest BCUT2D eigenvalue weighted by Crippen LogP contribution is 2.31. The third-order valence-electron chi connectivity index (χ3n) is 2.75. The van der Waals surface area contributed by atoms with Crippen molar-refractivity contribution in [2.45, 2.75) is 10.7 Å². The zero-order chi connectivity index (χ0) is 16.8. The third-order valence-corrected chi connectivity index (χ3v) is 3.85. The molecule has 23 heavy (non-hydrogen) atoms. The number of hydrogen-bond acceptors (Lipinski definition) is 3. The quantitative estimate of drug-likeness (QED) is 0.724. The van der Waals surface area contributed by atoms with Crippen molar-refractivity contribution >= 4 is 40.6 Å². The van der Waals surface area contributed by atoms with E-state index in [-0.39, 0.29) is 16.5 Å². The van der Waals surface area contributed by atoms with Gasteiger partial charge in [-0.1, -0.05) is 35.5 Å². The molecule has 0 aliphatic heterocycles. The molecule has 0 atom stereocenters. The Morgan fingerprint density at radius 3 is 2.61 bits per heavy atom. The first-order valence-electron chi connectivity index (χ1n) is 6.48. The Morgan fingerprint density at radius 2 is 1.91 bits per heavy atom. The molecular weight excluding hydrogens is 349 g/mol. The van der Waals surface area contributed by atoms with E-state index >= 15 is 0 Å².